The first-order valence-electron chi connectivity index (χ1n) is 7.00. The van der Waals surface area contributed by atoms with Gasteiger partial charge < -0.3 is 15.3 Å². The number of hydrogen-bond donors (Lipinski definition) is 2. The van der Waals surface area contributed by atoms with Crippen molar-refractivity contribution in [1.82, 2.24) is 10.2 Å². The van der Waals surface area contributed by atoms with Crippen LogP contribution in [0.4, 0.5) is 4.79 Å². The first-order chi connectivity index (χ1) is 9.18. The number of carboxylic acids is 1. The minimum atomic E-state index is -0.769. The van der Waals surface area contributed by atoms with E-state index in [-0.39, 0.29) is 23.8 Å². The molecule has 116 valence electrons. The average molecular weight is 284 g/mol. The van der Waals surface area contributed by atoms with Gasteiger partial charge in [0.05, 0.1) is 0 Å². The van der Waals surface area contributed by atoms with Crippen molar-refractivity contribution in [1.29, 1.82) is 0 Å². The van der Waals surface area contributed by atoms with Gasteiger partial charge in [-0.2, -0.15) is 0 Å². The topological polar surface area (TPSA) is 69.6 Å². The molecule has 0 aromatic heterocycles. The van der Waals surface area contributed by atoms with E-state index >= 15 is 0 Å². The number of carbonyl (C=O) groups excluding carboxylic acids is 1. The highest BCUT2D eigenvalue weighted by molar-refractivity contribution is 5.73. The number of amides is 2. The standard InChI is InChI=1S/C15H28N2O3/c1-6-11-17(5)14(20)16-10-9-12(15(2,3)4)7-8-13(18)19/h6,12H,1,7-11H2,2-5H3,(H,16,20)(H,18,19). The second-order valence-electron chi connectivity index (χ2n) is 6.19. The second kappa shape index (κ2) is 8.61. The fourth-order valence-corrected chi connectivity index (χ4v) is 2.07. The minimum absolute atomic E-state index is 0.0349. The number of hydrogen-bond acceptors (Lipinski definition) is 2. The fraction of sp³-hybridized carbons (Fsp3) is 0.733. The summed E-state index contributed by atoms with van der Waals surface area (Å²) in [5.74, 6) is -0.502. The van der Waals surface area contributed by atoms with Gasteiger partial charge in [0, 0.05) is 26.6 Å². The van der Waals surface area contributed by atoms with Gasteiger partial charge in [-0.15, -0.1) is 6.58 Å². The van der Waals surface area contributed by atoms with Gasteiger partial charge in [-0.3, -0.25) is 4.79 Å². The monoisotopic (exact) mass is 284 g/mol. The molecule has 0 bridgehead atoms. The summed E-state index contributed by atoms with van der Waals surface area (Å²) in [6.45, 7) is 11.0. The summed E-state index contributed by atoms with van der Waals surface area (Å²) in [4.78, 5) is 23.9. The molecule has 20 heavy (non-hydrogen) atoms. The van der Waals surface area contributed by atoms with E-state index in [2.05, 4.69) is 32.7 Å². The fourth-order valence-electron chi connectivity index (χ4n) is 2.07. The molecule has 0 aliphatic heterocycles. The third-order valence-corrected chi connectivity index (χ3v) is 3.45. The highest BCUT2D eigenvalue weighted by atomic mass is 16.4. The van der Waals surface area contributed by atoms with Gasteiger partial charge in [0.15, 0.2) is 0 Å². The SMILES string of the molecule is C=CCN(C)C(=O)NCCC(CCC(=O)O)C(C)(C)C. The number of likely N-dealkylation sites (N-methyl/N-ethyl adjacent to an activating group) is 1. The van der Waals surface area contributed by atoms with E-state index in [1.807, 2.05) is 0 Å². The summed E-state index contributed by atoms with van der Waals surface area (Å²) < 4.78 is 0. The number of urea groups is 1. The molecule has 0 spiro atoms. The van der Waals surface area contributed by atoms with Crippen LogP contribution in [-0.4, -0.2) is 42.1 Å². The molecule has 0 heterocycles. The van der Waals surface area contributed by atoms with Crippen LogP contribution in [-0.2, 0) is 4.79 Å². The molecule has 5 nitrogen and oxygen atoms in total. The van der Waals surface area contributed by atoms with Gasteiger partial charge in [0.25, 0.3) is 0 Å². The predicted octanol–water partition coefficient (Wildman–Crippen LogP) is 2.73. The van der Waals surface area contributed by atoms with Crippen LogP contribution in [0.2, 0.25) is 0 Å². The quantitative estimate of drug-likeness (QED) is 0.673. The molecule has 1 unspecified atom stereocenters. The number of carboxylic acid groups (broad SMARTS) is 1. The molecular weight excluding hydrogens is 256 g/mol. The Hall–Kier alpha value is -1.52. The average Bonchev–Trinajstić information content (AvgIpc) is 2.31. The maximum Gasteiger partial charge on any atom is 0.317 e. The van der Waals surface area contributed by atoms with Crippen LogP contribution >= 0.6 is 0 Å². The summed E-state index contributed by atoms with van der Waals surface area (Å²) in [7, 11) is 1.71. The minimum Gasteiger partial charge on any atom is -0.481 e. The Balaban J connectivity index is 4.23. The lowest BCUT2D eigenvalue weighted by molar-refractivity contribution is -0.137. The summed E-state index contributed by atoms with van der Waals surface area (Å²) in [5.41, 5.74) is 0.0349. The Kier molecular flexibility index (Phi) is 7.96. The van der Waals surface area contributed by atoms with Crippen molar-refractivity contribution in [2.24, 2.45) is 11.3 Å². The molecule has 0 saturated heterocycles. The van der Waals surface area contributed by atoms with Crippen LogP contribution in [0.3, 0.4) is 0 Å². The Morgan fingerprint density at radius 3 is 2.40 bits per heavy atom. The molecule has 5 heteroatoms. The van der Waals surface area contributed by atoms with Crippen molar-refractivity contribution >= 4 is 12.0 Å². The maximum absolute atomic E-state index is 11.7. The highest BCUT2D eigenvalue weighted by Crippen LogP contribution is 2.32. The molecule has 0 rings (SSSR count). The smallest absolute Gasteiger partial charge is 0.317 e. The predicted molar refractivity (Wildman–Crippen MR) is 80.7 cm³/mol. The lowest BCUT2D eigenvalue weighted by Crippen LogP contribution is -2.38. The summed E-state index contributed by atoms with van der Waals surface area (Å²) in [6.07, 6.45) is 3.26. The molecule has 0 saturated carbocycles. The molecule has 0 aliphatic rings. The van der Waals surface area contributed by atoms with Crippen molar-refractivity contribution in [3.05, 3.63) is 12.7 Å². The normalized spacial score (nSPS) is 12.6. The van der Waals surface area contributed by atoms with Gasteiger partial charge in [0.1, 0.15) is 0 Å². The van der Waals surface area contributed by atoms with Crippen molar-refractivity contribution < 1.29 is 14.7 Å². The summed E-state index contributed by atoms with van der Waals surface area (Å²) >= 11 is 0. The molecule has 0 fully saturated rings. The maximum atomic E-state index is 11.7. The van der Waals surface area contributed by atoms with Crippen LogP contribution in [0.5, 0.6) is 0 Å². The van der Waals surface area contributed by atoms with E-state index in [1.54, 1.807) is 18.0 Å². The van der Waals surface area contributed by atoms with Crippen LogP contribution in [0.25, 0.3) is 0 Å². The molecular formula is C15H28N2O3. The van der Waals surface area contributed by atoms with Crippen molar-refractivity contribution in [3.63, 3.8) is 0 Å². The number of rotatable bonds is 8. The van der Waals surface area contributed by atoms with E-state index < -0.39 is 5.97 Å². The Morgan fingerprint density at radius 1 is 1.35 bits per heavy atom. The Morgan fingerprint density at radius 2 is 1.95 bits per heavy atom. The molecule has 0 aliphatic carbocycles. The lowest BCUT2D eigenvalue weighted by atomic mass is 9.76. The number of aliphatic carboxylic acids is 1. The molecule has 2 amide bonds. The first-order valence-corrected chi connectivity index (χ1v) is 7.00. The van der Waals surface area contributed by atoms with Gasteiger partial charge in [-0.1, -0.05) is 26.8 Å². The van der Waals surface area contributed by atoms with Crippen molar-refractivity contribution in [3.8, 4) is 0 Å². The Labute approximate surface area is 122 Å². The zero-order chi connectivity index (χ0) is 15.8. The van der Waals surface area contributed by atoms with Crippen LogP contribution < -0.4 is 5.32 Å². The second-order valence-corrected chi connectivity index (χ2v) is 6.19. The van der Waals surface area contributed by atoms with E-state index in [9.17, 15) is 9.59 Å². The number of nitrogens with one attached hydrogen (secondary N) is 1. The van der Waals surface area contributed by atoms with Crippen molar-refractivity contribution in [2.45, 2.75) is 40.0 Å². The first kappa shape index (κ1) is 18.5. The van der Waals surface area contributed by atoms with Crippen molar-refractivity contribution in [2.75, 3.05) is 20.1 Å². The van der Waals surface area contributed by atoms with Gasteiger partial charge in [-0.05, 0) is 24.2 Å². The third kappa shape index (κ3) is 7.81. The lowest BCUT2D eigenvalue weighted by Gasteiger charge is -2.30. The summed E-state index contributed by atoms with van der Waals surface area (Å²) in [6, 6.07) is -0.129. The zero-order valence-electron chi connectivity index (χ0n) is 13.1. The largest absolute Gasteiger partial charge is 0.481 e. The molecule has 2 N–H and O–H groups in total. The van der Waals surface area contributed by atoms with Gasteiger partial charge in [0.2, 0.25) is 0 Å². The number of nitrogens with zero attached hydrogens (tertiary/aromatic N) is 1. The van der Waals surface area contributed by atoms with E-state index in [4.69, 9.17) is 5.11 Å². The van der Waals surface area contributed by atoms with Crippen LogP contribution in [0.1, 0.15) is 40.0 Å². The van der Waals surface area contributed by atoms with Crippen LogP contribution in [0.15, 0.2) is 12.7 Å². The number of carbonyl (C=O) groups is 2. The van der Waals surface area contributed by atoms with E-state index in [0.717, 1.165) is 6.42 Å². The highest BCUT2D eigenvalue weighted by Gasteiger charge is 2.25. The zero-order valence-corrected chi connectivity index (χ0v) is 13.1. The molecule has 0 aromatic rings. The molecule has 0 aromatic carbocycles. The molecule has 1 atom stereocenters. The van der Waals surface area contributed by atoms with Gasteiger partial charge in [-0.25, -0.2) is 4.79 Å². The van der Waals surface area contributed by atoms with Gasteiger partial charge >= 0.3 is 12.0 Å². The summed E-state index contributed by atoms with van der Waals surface area (Å²) in [5, 5.41) is 11.6. The third-order valence-electron chi connectivity index (χ3n) is 3.45. The molecule has 0 radical (unpaired) electrons. The Bertz CT molecular complexity index is 335. The van der Waals surface area contributed by atoms with E-state index in [1.165, 1.54) is 0 Å². The van der Waals surface area contributed by atoms with E-state index in [0.29, 0.717) is 19.5 Å². The van der Waals surface area contributed by atoms with Crippen LogP contribution in [0, 0.1) is 11.3 Å².